The molecule has 1 saturated carbocycles. The molecule has 0 spiro atoms. The van der Waals surface area contributed by atoms with Crippen molar-refractivity contribution < 1.29 is 27.1 Å². The van der Waals surface area contributed by atoms with Crippen LogP contribution in [-0.2, 0) is 0 Å². The summed E-state index contributed by atoms with van der Waals surface area (Å²) < 4.78 is 61.9. The van der Waals surface area contributed by atoms with E-state index in [1.165, 1.54) is 0 Å². The molecule has 0 heterocycles. The predicted molar refractivity (Wildman–Crippen MR) is 49.6 cm³/mol. The van der Waals surface area contributed by atoms with Gasteiger partial charge in [0.05, 0.1) is 0 Å². The van der Waals surface area contributed by atoms with Crippen LogP contribution in [0.5, 0.6) is 0 Å². The molecule has 16 heavy (non-hydrogen) atoms. The zero-order valence-electron chi connectivity index (χ0n) is 8.23. The molecule has 0 aromatic carbocycles. The lowest BCUT2D eigenvalue weighted by Gasteiger charge is -2.40. The zero-order valence-corrected chi connectivity index (χ0v) is 9.04. The largest absolute Gasteiger partial charge is 0.456 e. The normalized spacial score (nSPS) is 32.1. The molecule has 0 bridgehead atoms. The minimum atomic E-state index is -5.72. The van der Waals surface area contributed by atoms with Gasteiger partial charge in [-0.05, 0) is 25.7 Å². The van der Waals surface area contributed by atoms with E-state index in [9.17, 15) is 27.1 Å². The highest BCUT2D eigenvalue weighted by Crippen LogP contribution is 2.49. The standard InChI is InChI=1S/C8H12F5NO.ClH/c9-7(10,8(11,12)13)6(15)3-1-5(14)2-4-6;/h5,15H,1-4,14H2;1H. The smallest absolute Gasteiger partial charge is 0.383 e. The molecule has 1 rings (SSSR count). The highest BCUT2D eigenvalue weighted by molar-refractivity contribution is 5.85. The van der Waals surface area contributed by atoms with Crippen LogP contribution in [0.15, 0.2) is 0 Å². The molecule has 0 saturated heterocycles. The fourth-order valence-electron chi connectivity index (χ4n) is 1.70. The van der Waals surface area contributed by atoms with Crippen molar-refractivity contribution in [1.82, 2.24) is 0 Å². The molecule has 0 amide bonds. The van der Waals surface area contributed by atoms with Gasteiger partial charge in [-0.1, -0.05) is 0 Å². The van der Waals surface area contributed by atoms with E-state index >= 15 is 0 Å². The maximum Gasteiger partial charge on any atom is 0.456 e. The van der Waals surface area contributed by atoms with Crippen LogP contribution < -0.4 is 5.73 Å². The third-order valence-electron chi connectivity index (χ3n) is 2.80. The summed E-state index contributed by atoms with van der Waals surface area (Å²) in [4.78, 5) is 0. The Morgan fingerprint density at radius 1 is 1.06 bits per heavy atom. The Hall–Kier alpha value is -0.140. The molecule has 8 heteroatoms. The molecule has 1 aliphatic rings. The molecule has 1 aliphatic carbocycles. The topological polar surface area (TPSA) is 46.2 Å². The third-order valence-corrected chi connectivity index (χ3v) is 2.80. The molecule has 0 radical (unpaired) electrons. The van der Waals surface area contributed by atoms with Crippen molar-refractivity contribution in [2.24, 2.45) is 5.73 Å². The molecule has 0 unspecified atom stereocenters. The van der Waals surface area contributed by atoms with Crippen molar-refractivity contribution >= 4 is 12.4 Å². The SMILES string of the molecule is Cl.NC1CCC(O)(C(F)(F)C(F)(F)F)CC1. The van der Waals surface area contributed by atoms with E-state index in [-0.39, 0.29) is 25.2 Å². The number of halogens is 6. The summed E-state index contributed by atoms with van der Waals surface area (Å²) in [6, 6.07) is -0.408. The van der Waals surface area contributed by atoms with Crippen molar-refractivity contribution in [3.8, 4) is 0 Å². The first-order valence-corrected chi connectivity index (χ1v) is 4.53. The number of alkyl halides is 5. The summed E-state index contributed by atoms with van der Waals surface area (Å²) in [5.74, 6) is -5.07. The number of hydrogen-bond donors (Lipinski definition) is 2. The van der Waals surface area contributed by atoms with Crippen LogP contribution in [0.1, 0.15) is 25.7 Å². The van der Waals surface area contributed by atoms with Gasteiger partial charge < -0.3 is 10.8 Å². The second kappa shape index (κ2) is 4.62. The van der Waals surface area contributed by atoms with Gasteiger partial charge in [0, 0.05) is 6.04 Å². The van der Waals surface area contributed by atoms with E-state index in [0.717, 1.165) is 0 Å². The summed E-state index contributed by atoms with van der Waals surface area (Å²) in [5, 5.41) is 9.33. The second-order valence-electron chi connectivity index (χ2n) is 3.94. The van der Waals surface area contributed by atoms with Crippen LogP contribution in [0.3, 0.4) is 0 Å². The first kappa shape index (κ1) is 15.9. The van der Waals surface area contributed by atoms with Gasteiger partial charge in [0.25, 0.3) is 0 Å². The Morgan fingerprint density at radius 2 is 1.44 bits per heavy atom. The lowest BCUT2D eigenvalue weighted by atomic mass is 9.78. The van der Waals surface area contributed by atoms with E-state index in [2.05, 4.69) is 0 Å². The molecular weight excluding hydrogens is 257 g/mol. The lowest BCUT2D eigenvalue weighted by molar-refractivity contribution is -0.346. The lowest BCUT2D eigenvalue weighted by Crippen LogP contribution is -2.59. The number of aliphatic hydroxyl groups is 1. The number of rotatable bonds is 1. The second-order valence-corrected chi connectivity index (χ2v) is 3.94. The van der Waals surface area contributed by atoms with Gasteiger partial charge in [0.15, 0.2) is 0 Å². The van der Waals surface area contributed by atoms with Crippen LogP contribution in [0.4, 0.5) is 22.0 Å². The molecule has 98 valence electrons. The van der Waals surface area contributed by atoms with E-state index in [1.807, 2.05) is 0 Å². The minimum absolute atomic E-state index is 0. The van der Waals surface area contributed by atoms with Gasteiger partial charge in [-0.3, -0.25) is 0 Å². The Labute approximate surface area is 95.4 Å². The van der Waals surface area contributed by atoms with Crippen molar-refractivity contribution in [2.45, 2.75) is 49.4 Å². The van der Waals surface area contributed by atoms with Crippen LogP contribution in [0.2, 0.25) is 0 Å². The highest BCUT2D eigenvalue weighted by Gasteiger charge is 2.69. The monoisotopic (exact) mass is 269 g/mol. The Kier molecular flexibility index (Phi) is 4.58. The highest BCUT2D eigenvalue weighted by atomic mass is 35.5. The van der Waals surface area contributed by atoms with Gasteiger partial charge in [0.1, 0.15) is 5.60 Å². The molecule has 1 fully saturated rings. The van der Waals surface area contributed by atoms with Gasteiger partial charge in [-0.15, -0.1) is 12.4 Å². The van der Waals surface area contributed by atoms with Crippen molar-refractivity contribution in [1.29, 1.82) is 0 Å². The molecule has 0 aromatic rings. The van der Waals surface area contributed by atoms with Gasteiger partial charge in [0.2, 0.25) is 0 Å². The summed E-state index contributed by atoms with van der Waals surface area (Å²) in [7, 11) is 0. The molecule has 0 aliphatic heterocycles. The minimum Gasteiger partial charge on any atom is -0.383 e. The molecule has 2 nitrogen and oxygen atoms in total. The molecule has 0 atom stereocenters. The fraction of sp³-hybridized carbons (Fsp3) is 1.00. The molecular formula is C8H13ClF5NO. The summed E-state index contributed by atoms with van der Waals surface area (Å²) in [6.45, 7) is 0. The van der Waals surface area contributed by atoms with Crippen molar-refractivity contribution in [3.63, 3.8) is 0 Å². The maximum absolute atomic E-state index is 12.9. The maximum atomic E-state index is 12.9. The van der Waals surface area contributed by atoms with E-state index < -0.39 is 36.6 Å². The van der Waals surface area contributed by atoms with Crippen LogP contribution in [-0.4, -0.2) is 28.8 Å². The Balaban J connectivity index is 0.00000225. The zero-order chi connectivity index (χ0) is 11.9. The fourth-order valence-corrected chi connectivity index (χ4v) is 1.70. The Morgan fingerprint density at radius 3 is 1.75 bits per heavy atom. The number of hydrogen-bond acceptors (Lipinski definition) is 2. The van der Waals surface area contributed by atoms with Crippen LogP contribution in [0, 0.1) is 0 Å². The summed E-state index contributed by atoms with van der Waals surface area (Å²) >= 11 is 0. The first-order chi connectivity index (χ1) is 6.60. The molecule has 0 aromatic heterocycles. The van der Waals surface area contributed by atoms with Crippen molar-refractivity contribution in [2.75, 3.05) is 0 Å². The quantitative estimate of drug-likeness (QED) is 0.717. The first-order valence-electron chi connectivity index (χ1n) is 4.53. The van der Waals surface area contributed by atoms with E-state index in [1.54, 1.807) is 0 Å². The average molecular weight is 270 g/mol. The summed E-state index contributed by atoms with van der Waals surface area (Å²) in [6.07, 6.45) is -7.02. The Bertz CT molecular complexity index is 237. The predicted octanol–water partition coefficient (Wildman–Crippen LogP) is 2.24. The number of nitrogens with two attached hydrogens (primary N) is 1. The summed E-state index contributed by atoms with van der Waals surface area (Å²) in [5.41, 5.74) is 2.37. The third kappa shape index (κ3) is 2.57. The molecule has 3 N–H and O–H groups in total. The van der Waals surface area contributed by atoms with E-state index in [0.29, 0.717) is 0 Å². The van der Waals surface area contributed by atoms with Crippen LogP contribution in [0.25, 0.3) is 0 Å². The van der Waals surface area contributed by atoms with Crippen molar-refractivity contribution in [3.05, 3.63) is 0 Å². The van der Waals surface area contributed by atoms with E-state index in [4.69, 9.17) is 5.73 Å². The van der Waals surface area contributed by atoms with Gasteiger partial charge in [-0.2, -0.15) is 22.0 Å². The van der Waals surface area contributed by atoms with Crippen LogP contribution >= 0.6 is 12.4 Å². The average Bonchev–Trinajstić information content (AvgIpc) is 2.08. The van der Waals surface area contributed by atoms with Gasteiger partial charge >= 0.3 is 12.1 Å². The van der Waals surface area contributed by atoms with Gasteiger partial charge in [-0.25, -0.2) is 0 Å².